The van der Waals surface area contributed by atoms with Gasteiger partial charge in [0.2, 0.25) is 0 Å². The number of hydrogen-bond acceptors (Lipinski definition) is 3. The number of carbonyl (C=O) groups is 2. The van der Waals surface area contributed by atoms with E-state index in [4.69, 9.17) is 9.84 Å². The second-order valence-electron chi connectivity index (χ2n) is 5.55. The number of urea groups is 1. The van der Waals surface area contributed by atoms with E-state index in [-0.39, 0.29) is 24.6 Å². The Morgan fingerprint density at radius 2 is 1.91 bits per heavy atom. The van der Waals surface area contributed by atoms with Gasteiger partial charge in [-0.1, -0.05) is 30.3 Å². The van der Waals surface area contributed by atoms with Crippen LogP contribution in [0.3, 0.4) is 0 Å². The molecule has 0 bridgehead atoms. The van der Waals surface area contributed by atoms with Gasteiger partial charge in [0.15, 0.2) is 0 Å². The summed E-state index contributed by atoms with van der Waals surface area (Å²) in [7, 11) is 1.63. The highest BCUT2D eigenvalue weighted by atomic mass is 16.5. The van der Waals surface area contributed by atoms with Crippen LogP contribution in [0.15, 0.2) is 30.3 Å². The fourth-order valence-electron chi connectivity index (χ4n) is 2.16. The minimum atomic E-state index is -0.862. The van der Waals surface area contributed by atoms with Gasteiger partial charge in [-0.15, -0.1) is 0 Å². The maximum atomic E-state index is 11.9. The highest BCUT2D eigenvalue weighted by Gasteiger charge is 2.14. The van der Waals surface area contributed by atoms with Crippen LogP contribution >= 0.6 is 0 Å². The molecule has 0 aliphatic carbocycles. The van der Waals surface area contributed by atoms with Crippen LogP contribution in [-0.2, 0) is 16.0 Å². The Balaban J connectivity index is 2.47. The number of aliphatic carboxylic acids is 1. The molecule has 0 fully saturated rings. The van der Waals surface area contributed by atoms with Crippen molar-refractivity contribution in [2.24, 2.45) is 0 Å². The number of carboxylic acid groups (broad SMARTS) is 1. The third-order valence-corrected chi connectivity index (χ3v) is 3.61. The Morgan fingerprint density at radius 3 is 2.52 bits per heavy atom. The molecule has 2 atom stereocenters. The monoisotopic (exact) mass is 322 g/mol. The number of hydrogen-bond donors (Lipinski definition) is 3. The summed E-state index contributed by atoms with van der Waals surface area (Å²) in [5.41, 5.74) is 1.07. The molecular weight excluding hydrogens is 296 g/mol. The van der Waals surface area contributed by atoms with E-state index in [1.165, 1.54) is 0 Å². The lowest BCUT2D eigenvalue weighted by Gasteiger charge is -2.19. The molecule has 0 spiro atoms. The lowest BCUT2D eigenvalue weighted by molar-refractivity contribution is -0.137. The molecule has 1 aromatic carbocycles. The fourth-order valence-corrected chi connectivity index (χ4v) is 2.16. The van der Waals surface area contributed by atoms with Crippen LogP contribution in [-0.4, -0.2) is 42.9 Å². The molecule has 23 heavy (non-hydrogen) atoms. The zero-order valence-electron chi connectivity index (χ0n) is 13.7. The zero-order valence-corrected chi connectivity index (χ0v) is 13.7. The summed E-state index contributed by atoms with van der Waals surface area (Å²) >= 11 is 0. The molecule has 2 amide bonds. The van der Waals surface area contributed by atoms with Crippen molar-refractivity contribution in [3.05, 3.63) is 35.9 Å². The molecule has 6 heteroatoms. The molecule has 3 N–H and O–H groups in total. The molecule has 0 aliphatic heterocycles. The summed E-state index contributed by atoms with van der Waals surface area (Å²) in [5.74, 6) is -0.862. The number of carboxylic acids is 1. The Kier molecular flexibility index (Phi) is 8.75. The summed E-state index contributed by atoms with van der Waals surface area (Å²) in [6.45, 7) is 2.45. The minimum absolute atomic E-state index is 0.0263. The van der Waals surface area contributed by atoms with Crippen molar-refractivity contribution in [2.75, 3.05) is 13.7 Å². The molecule has 1 aromatic rings. The first-order valence-corrected chi connectivity index (χ1v) is 7.84. The van der Waals surface area contributed by atoms with E-state index in [2.05, 4.69) is 10.6 Å². The normalized spacial score (nSPS) is 13.1. The number of ether oxygens (including phenoxy) is 1. The van der Waals surface area contributed by atoms with Gasteiger partial charge in [-0.2, -0.15) is 0 Å². The maximum Gasteiger partial charge on any atom is 0.315 e. The minimum Gasteiger partial charge on any atom is -0.481 e. The third-order valence-electron chi connectivity index (χ3n) is 3.61. The van der Waals surface area contributed by atoms with Crippen molar-refractivity contribution < 1.29 is 19.4 Å². The first-order chi connectivity index (χ1) is 11.0. The van der Waals surface area contributed by atoms with Gasteiger partial charge in [0.25, 0.3) is 0 Å². The largest absolute Gasteiger partial charge is 0.481 e. The van der Waals surface area contributed by atoms with Gasteiger partial charge in [0.1, 0.15) is 0 Å². The first kappa shape index (κ1) is 19.0. The molecule has 0 radical (unpaired) electrons. The van der Waals surface area contributed by atoms with E-state index in [9.17, 15) is 9.59 Å². The fraction of sp³-hybridized carbons (Fsp3) is 0.529. The van der Waals surface area contributed by atoms with Crippen LogP contribution in [0.2, 0.25) is 0 Å². The molecular formula is C17H26N2O4. The maximum absolute atomic E-state index is 11.9. The standard InChI is InChI=1S/C17H26N2O4/c1-13(23-2)10-11-18-17(22)19-15(8-9-16(20)21)12-14-6-4-3-5-7-14/h3-7,13,15H,8-12H2,1-2H3,(H,20,21)(H2,18,19,22). The average Bonchev–Trinajstić information content (AvgIpc) is 2.53. The van der Waals surface area contributed by atoms with E-state index >= 15 is 0 Å². The summed E-state index contributed by atoms with van der Waals surface area (Å²) in [6, 6.07) is 9.22. The van der Waals surface area contributed by atoms with E-state index in [1.807, 2.05) is 37.3 Å². The van der Waals surface area contributed by atoms with E-state index < -0.39 is 5.97 Å². The Hall–Kier alpha value is -2.08. The topological polar surface area (TPSA) is 87.7 Å². The van der Waals surface area contributed by atoms with Crippen molar-refractivity contribution in [3.8, 4) is 0 Å². The Morgan fingerprint density at radius 1 is 1.22 bits per heavy atom. The zero-order chi connectivity index (χ0) is 17.1. The van der Waals surface area contributed by atoms with Crippen molar-refractivity contribution >= 4 is 12.0 Å². The highest BCUT2D eigenvalue weighted by Crippen LogP contribution is 2.08. The highest BCUT2D eigenvalue weighted by molar-refractivity contribution is 5.74. The predicted molar refractivity (Wildman–Crippen MR) is 88.4 cm³/mol. The average molecular weight is 322 g/mol. The Bertz CT molecular complexity index is 479. The van der Waals surface area contributed by atoms with Gasteiger partial charge in [-0.05, 0) is 31.7 Å². The van der Waals surface area contributed by atoms with Gasteiger partial charge in [0.05, 0.1) is 6.10 Å². The number of rotatable bonds is 10. The second-order valence-corrected chi connectivity index (χ2v) is 5.55. The Labute approximate surface area is 137 Å². The predicted octanol–water partition coefficient (Wildman–Crippen LogP) is 2.19. The van der Waals surface area contributed by atoms with Crippen LogP contribution < -0.4 is 10.6 Å². The van der Waals surface area contributed by atoms with Crippen LogP contribution in [0, 0.1) is 0 Å². The molecule has 1 rings (SSSR count). The molecule has 2 unspecified atom stereocenters. The first-order valence-electron chi connectivity index (χ1n) is 7.84. The summed E-state index contributed by atoms with van der Waals surface area (Å²) < 4.78 is 5.12. The summed E-state index contributed by atoms with van der Waals surface area (Å²) in [5, 5.41) is 14.5. The van der Waals surface area contributed by atoms with Gasteiger partial charge >= 0.3 is 12.0 Å². The van der Waals surface area contributed by atoms with Crippen LogP contribution in [0.25, 0.3) is 0 Å². The number of carbonyl (C=O) groups excluding carboxylic acids is 1. The van der Waals surface area contributed by atoms with Crippen molar-refractivity contribution in [3.63, 3.8) is 0 Å². The van der Waals surface area contributed by atoms with E-state index in [1.54, 1.807) is 7.11 Å². The lowest BCUT2D eigenvalue weighted by atomic mass is 10.0. The van der Waals surface area contributed by atoms with Gasteiger partial charge in [-0.25, -0.2) is 4.79 Å². The second kappa shape index (κ2) is 10.6. The van der Waals surface area contributed by atoms with E-state index in [0.29, 0.717) is 19.4 Å². The molecule has 0 saturated heterocycles. The van der Waals surface area contributed by atoms with Crippen LogP contribution in [0.1, 0.15) is 31.7 Å². The molecule has 6 nitrogen and oxygen atoms in total. The number of nitrogens with one attached hydrogen (secondary N) is 2. The number of benzene rings is 1. The van der Waals surface area contributed by atoms with Gasteiger partial charge in [-0.3, -0.25) is 4.79 Å². The van der Waals surface area contributed by atoms with Crippen molar-refractivity contribution in [1.29, 1.82) is 0 Å². The summed E-state index contributed by atoms with van der Waals surface area (Å²) in [6.07, 6.45) is 1.84. The molecule has 128 valence electrons. The summed E-state index contributed by atoms with van der Waals surface area (Å²) in [4.78, 5) is 22.7. The van der Waals surface area contributed by atoms with Crippen molar-refractivity contribution in [2.45, 2.75) is 44.8 Å². The lowest BCUT2D eigenvalue weighted by Crippen LogP contribution is -2.44. The smallest absolute Gasteiger partial charge is 0.315 e. The van der Waals surface area contributed by atoms with Crippen LogP contribution in [0.5, 0.6) is 0 Å². The van der Waals surface area contributed by atoms with Gasteiger partial charge < -0.3 is 20.5 Å². The SMILES string of the molecule is COC(C)CCNC(=O)NC(CCC(=O)O)Cc1ccccc1. The van der Waals surface area contributed by atoms with Gasteiger partial charge in [0, 0.05) is 26.1 Å². The number of amides is 2. The quantitative estimate of drug-likeness (QED) is 0.616. The van der Waals surface area contributed by atoms with Crippen molar-refractivity contribution in [1.82, 2.24) is 10.6 Å². The molecule has 0 aromatic heterocycles. The molecule has 0 aliphatic rings. The molecule has 0 saturated carbocycles. The number of methoxy groups -OCH3 is 1. The van der Waals surface area contributed by atoms with Crippen LogP contribution in [0.4, 0.5) is 4.79 Å². The van der Waals surface area contributed by atoms with E-state index in [0.717, 1.165) is 12.0 Å². The molecule has 0 heterocycles. The third kappa shape index (κ3) is 8.83.